The molecule has 0 radical (unpaired) electrons. The molecule has 0 N–H and O–H groups in total. The van der Waals surface area contributed by atoms with Crippen LogP contribution < -0.4 is 4.74 Å². The molecule has 0 unspecified atom stereocenters. The first kappa shape index (κ1) is 13.9. The molecule has 0 aliphatic rings. The molecule has 0 aliphatic heterocycles. The van der Waals surface area contributed by atoms with Gasteiger partial charge in [-0.3, -0.25) is 0 Å². The van der Waals surface area contributed by atoms with E-state index >= 15 is 0 Å². The van der Waals surface area contributed by atoms with E-state index in [1.807, 2.05) is 6.07 Å². The van der Waals surface area contributed by atoms with Crippen LogP contribution >= 0.6 is 0 Å². The van der Waals surface area contributed by atoms with E-state index < -0.39 is 34.6 Å². The highest BCUT2D eigenvalue weighted by molar-refractivity contribution is 5.67. The van der Waals surface area contributed by atoms with Gasteiger partial charge >= 0.3 is 0 Å². The SMILES string of the molecule is COc1c(F)c(F)c(-c2ccc(C#N)cc2)c(F)c1F. The number of nitriles is 1. The number of rotatable bonds is 2. The van der Waals surface area contributed by atoms with E-state index in [-0.39, 0.29) is 11.1 Å². The Labute approximate surface area is 111 Å². The maximum atomic E-state index is 13.8. The van der Waals surface area contributed by atoms with Crippen molar-refractivity contribution in [1.29, 1.82) is 5.26 Å². The van der Waals surface area contributed by atoms with Gasteiger partial charge in [-0.2, -0.15) is 14.0 Å². The molecule has 102 valence electrons. The van der Waals surface area contributed by atoms with Gasteiger partial charge in [0.2, 0.25) is 11.6 Å². The van der Waals surface area contributed by atoms with Gasteiger partial charge in [-0.15, -0.1) is 0 Å². The highest BCUT2D eigenvalue weighted by Crippen LogP contribution is 2.35. The first-order valence-electron chi connectivity index (χ1n) is 5.41. The number of ether oxygens (including phenoxy) is 1. The summed E-state index contributed by atoms with van der Waals surface area (Å²) in [6.07, 6.45) is 0. The molecule has 2 nitrogen and oxygen atoms in total. The van der Waals surface area contributed by atoms with Crippen molar-refractivity contribution in [3.63, 3.8) is 0 Å². The summed E-state index contributed by atoms with van der Waals surface area (Å²) >= 11 is 0. The second kappa shape index (κ2) is 5.21. The third-order valence-corrected chi connectivity index (χ3v) is 2.73. The zero-order chi connectivity index (χ0) is 14.9. The number of hydrogen-bond donors (Lipinski definition) is 0. The smallest absolute Gasteiger partial charge is 0.204 e. The maximum absolute atomic E-state index is 13.8. The Morgan fingerprint density at radius 2 is 1.40 bits per heavy atom. The molecular formula is C14H7F4NO. The first-order chi connectivity index (χ1) is 9.51. The van der Waals surface area contributed by atoms with E-state index in [0.29, 0.717) is 0 Å². The van der Waals surface area contributed by atoms with E-state index in [4.69, 9.17) is 5.26 Å². The minimum atomic E-state index is -1.61. The summed E-state index contributed by atoms with van der Waals surface area (Å²) in [5.41, 5.74) is -0.672. The Hall–Kier alpha value is -2.55. The van der Waals surface area contributed by atoms with Gasteiger partial charge in [0.15, 0.2) is 17.4 Å². The average Bonchev–Trinajstić information content (AvgIpc) is 2.47. The highest BCUT2D eigenvalue weighted by Gasteiger charge is 2.26. The van der Waals surface area contributed by atoms with Gasteiger partial charge in [-0.05, 0) is 17.7 Å². The van der Waals surface area contributed by atoms with E-state index in [2.05, 4.69) is 4.74 Å². The number of benzene rings is 2. The van der Waals surface area contributed by atoms with E-state index in [0.717, 1.165) is 7.11 Å². The first-order valence-corrected chi connectivity index (χ1v) is 5.41. The molecule has 20 heavy (non-hydrogen) atoms. The molecule has 0 atom stereocenters. The maximum Gasteiger partial charge on any atom is 0.204 e. The minimum Gasteiger partial charge on any atom is -0.491 e. The molecule has 0 heterocycles. The summed E-state index contributed by atoms with van der Waals surface area (Å²) in [6, 6.07) is 6.79. The van der Waals surface area contributed by atoms with Gasteiger partial charge in [-0.25, -0.2) is 8.78 Å². The molecule has 0 spiro atoms. The van der Waals surface area contributed by atoms with Crippen molar-refractivity contribution in [2.24, 2.45) is 0 Å². The lowest BCUT2D eigenvalue weighted by Gasteiger charge is -2.11. The van der Waals surface area contributed by atoms with Crippen LogP contribution in [-0.2, 0) is 0 Å². The third kappa shape index (κ3) is 2.07. The Bertz CT molecular complexity index is 676. The van der Waals surface area contributed by atoms with Crippen LogP contribution in [0.5, 0.6) is 5.75 Å². The second-order valence-electron chi connectivity index (χ2n) is 3.85. The van der Waals surface area contributed by atoms with Gasteiger partial charge < -0.3 is 4.74 Å². The molecule has 0 aliphatic carbocycles. The van der Waals surface area contributed by atoms with Crippen molar-refractivity contribution in [2.75, 3.05) is 7.11 Å². The van der Waals surface area contributed by atoms with Crippen molar-refractivity contribution < 1.29 is 22.3 Å². The summed E-state index contributed by atoms with van der Waals surface area (Å²) in [4.78, 5) is 0. The largest absolute Gasteiger partial charge is 0.491 e. The Morgan fingerprint density at radius 1 is 0.900 bits per heavy atom. The Morgan fingerprint density at radius 3 is 1.80 bits per heavy atom. The lowest BCUT2D eigenvalue weighted by molar-refractivity contribution is 0.334. The average molecular weight is 281 g/mol. The molecule has 6 heteroatoms. The zero-order valence-electron chi connectivity index (χ0n) is 10.2. The van der Waals surface area contributed by atoms with Gasteiger partial charge in [0.1, 0.15) is 0 Å². The van der Waals surface area contributed by atoms with Crippen molar-refractivity contribution in [1.82, 2.24) is 0 Å². The molecule has 2 aromatic rings. The molecule has 0 saturated heterocycles. The predicted molar refractivity (Wildman–Crippen MR) is 63.0 cm³/mol. The minimum absolute atomic E-state index is 0.0838. The summed E-state index contributed by atoms with van der Waals surface area (Å²) in [7, 11) is 0.905. The normalized spacial score (nSPS) is 10.2. The number of nitrogens with zero attached hydrogens (tertiary/aromatic N) is 1. The van der Waals surface area contributed by atoms with Crippen molar-refractivity contribution in [3.05, 3.63) is 53.1 Å². The van der Waals surface area contributed by atoms with Gasteiger partial charge in [0.25, 0.3) is 0 Å². The standard InChI is InChI=1S/C14H7F4NO/c1-20-14-12(17)10(15)9(11(16)13(14)18)8-4-2-7(6-19)3-5-8/h2-5H,1H3. The number of methoxy groups -OCH3 is 1. The third-order valence-electron chi connectivity index (χ3n) is 2.73. The lowest BCUT2D eigenvalue weighted by Crippen LogP contribution is -2.03. The van der Waals surface area contributed by atoms with Crippen LogP contribution in [0.15, 0.2) is 24.3 Å². The van der Waals surface area contributed by atoms with Crippen LogP contribution in [0.25, 0.3) is 11.1 Å². The van der Waals surface area contributed by atoms with Crippen molar-refractivity contribution in [2.45, 2.75) is 0 Å². The number of hydrogen-bond acceptors (Lipinski definition) is 2. The fourth-order valence-electron chi connectivity index (χ4n) is 1.76. The number of halogens is 4. The van der Waals surface area contributed by atoms with Crippen molar-refractivity contribution in [3.8, 4) is 22.9 Å². The summed E-state index contributed by atoms with van der Waals surface area (Å²) in [5.74, 6) is -7.43. The van der Waals surface area contributed by atoms with Crippen LogP contribution in [0.4, 0.5) is 17.6 Å². The van der Waals surface area contributed by atoms with Crippen LogP contribution in [0.3, 0.4) is 0 Å². The van der Waals surface area contributed by atoms with Gasteiger partial charge in [0, 0.05) is 0 Å². The summed E-state index contributed by atoms with van der Waals surface area (Å²) in [6.45, 7) is 0. The molecule has 0 aromatic heterocycles. The van der Waals surface area contributed by atoms with Crippen LogP contribution in [-0.4, -0.2) is 7.11 Å². The quantitative estimate of drug-likeness (QED) is 0.619. The Kier molecular flexibility index (Phi) is 3.61. The monoisotopic (exact) mass is 281 g/mol. The summed E-state index contributed by atoms with van der Waals surface area (Å²) < 4.78 is 59.1. The topological polar surface area (TPSA) is 33.0 Å². The molecule has 0 fully saturated rings. The molecule has 0 amide bonds. The molecular weight excluding hydrogens is 274 g/mol. The van der Waals surface area contributed by atoms with Gasteiger partial charge in [-0.1, -0.05) is 12.1 Å². The van der Waals surface area contributed by atoms with Crippen LogP contribution in [0, 0.1) is 34.6 Å². The fourth-order valence-corrected chi connectivity index (χ4v) is 1.76. The highest BCUT2D eigenvalue weighted by atomic mass is 19.2. The Balaban J connectivity index is 2.71. The van der Waals surface area contributed by atoms with E-state index in [9.17, 15) is 17.6 Å². The lowest BCUT2D eigenvalue weighted by atomic mass is 10.0. The van der Waals surface area contributed by atoms with E-state index in [1.54, 1.807) is 0 Å². The van der Waals surface area contributed by atoms with Crippen molar-refractivity contribution >= 4 is 0 Å². The predicted octanol–water partition coefficient (Wildman–Crippen LogP) is 3.79. The van der Waals surface area contributed by atoms with Crippen LogP contribution in [0.2, 0.25) is 0 Å². The zero-order valence-corrected chi connectivity index (χ0v) is 10.2. The molecule has 0 bridgehead atoms. The summed E-state index contributed by atoms with van der Waals surface area (Å²) in [5, 5.41) is 8.63. The van der Waals surface area contributed by atoms with E-state index in [1.165, 1.54) is 24.3 Å². The fraction of sp³-hybridized carbons (Fsp3) is 0.0714. The van der Waals surface area contributed by atoms with Crippen LogP contribution in [0.1, 0.15) is 5.56 Å². The second-order valence-corrected chi connectivity index (χ2v) is 3.85. The molecule has 2 rings (SSSR count). The van der Waals surface area contributed by atoms with Gasteiger partial charge in [0.05, 0.1) is 24.3 Å². The molecule has 0 saturated carbocycles. The molecule has 2 aromatic carbocycles.